The predicted octanol–water partition coefficient (Wildman–Crippen LogP) is 1.57. The minimum absolute atomic E-state index is 0.228. The van der Waals surface area contributed by atoms with Crippen LogP contribution in [0, 0.1) is 12.8 Å². The van der Waals surface area contributed by atoms with Crippen LogP contribution in [0.5, 0.6) is 0 Å². The SMILES string of the molecule is Cc1c(CC(O)C2CCNCC2)ccc2c1COC2=O. The van der Waals surface area contributed by atoms with E-state index < -0.39 is 0 Å². The molecule has 2 heterocycles. The number of esters is 1. The average molecular weight is 275 g/mol. The van der Waals surface area contributed by atoms with E-state index in [2.05, 4.69) is 5.32 Å². The van der Waals surface area contributed by atoms with Crippen molar-refractivity contribution in [1.82, 2.24) is 5.32 Å². The van der Waals surface area contributed by atoms with Crippen molar-refractivity contribution in [3.8, 4) is 0 Å². The molecule has 1 atom stereocenters. The van der Waals surface area contributed by atoms with Crippen molar-refractivity contribution in [2.75, 3.05) is 13.1 Å². The summed E-state index contributed by atoms with van der Waals surface area (Å²) in [5.74, 6) is 0.148. The maximum Gasteiger partial charge on any atom is 0.338 e. The molecule has 4 heteroatoms. The number of cyclic esters (lactones) is 1. The normalized spacial score (nSPS) is 20.6. The third-order valence-electron chi connectivity index (χ3n) is 4.64. The maximum atomic E-state index is 11.5. The Kier molecular flexibility index (Phi) is 3.76. The summed E-state index contributed by atoms with van der Waals surface area (Å²) in [6, 6.07) is 3.80. The minimum Gasteiger partial charge on any atom is -0.457 e. The fraction of sp³-hybridized carbons (Fsp3) is 0.562. The summed E-state index contributed by atoms with van der Waals surface area (Å²) in [6.07, 6.45) is 2.43. The van der Waals surface area contributed by atoms with Crippen molar-refractivity contribution in [2.45, 2.75) is 38.9 Å². The van der Waals surface area contributed by atoms with E-state index in [4.69, 9.17) is 4.74 Å². The number of rotatable bonds is 3. The summed E-state index contributed by atoms with van der Waals surface area (Å²) in [7, 11) is 0. The van der Waals surface area contributed by atoms with Gasteiger partial charge >= 0.3 is 5.97 Å². The van der Waals surface area contributed by atoms with Crippen molar-refractivity contribution in [3.63, 3.8) is 0 Å². The van der Waals surface area contributed by atoms with Crippen molar-refractivity contribution in [2.24, 2.45) is 5.92 Å². The molecule has 1 aromatic carbocycles. The first-order valence-electron chi connectivity index (χ1n) is 7.34. The molecule has 3 rings (SSSR count). The van der Waals surface area contributed by atoms with Crippen LogP contribution in [0.4, 0.5) is 0 Å². The Hall–Kier alpha value is -1.39. The van der Waals surface area contributed by atoms with Crippen LogP contribution in [-0.4, -0.2) is 30.3 Å². The van der Waals surface area contributed by atoms with Crippen molar-refractivity contribution in [1.29, 1.82) is 0 Å². The molecule has 0 radical (unpaired) electrons. The summed E-state index contributed by atoms with van der Waals surface area (Å²) in [4.78, 5) is 11.5. The number of benzene rings is 1. The Morgan fingerprint density at radius 3 is 2.90 bits per heavy atom. The van der Waals surface area contributed by atoms with Gasteiger partial charge in [-0.25, -0.2) is 4.79 Å². The molecule has 0 spiro atoms. The highest BCUT2D eigenvalue weighted by Gasteiger charge is 2.26. The van der Waals surface area contributed by atoms with Gasteiger partial charge in [0, 0.05) is 5.56 Å². The molecule has 1 saturated heterocycles. The summed E-state index contributed by atoms with van der Waals surface area (Å²) < 4.78 is 5.07. The van der Waals surface area contributed by atoms with Gasteiger partial charge in [0.1, 0.15) is 6.61 Å². The predicted molar refractivity (Wildman–Crippen MR) is 75.6 cm³/mol. The molecule has 2 aliphatic heterocycles. The quantitative estimate of drug-likeness (QED) is 0.822. The number of hydrogen-bond acceptors (Lipinski definition) is 4. The third kappa shape index (κ3) is 2.45. The highest BCUT2D eigenvalue weighted by Crippen LogP contribution is 2.28. The molecular weight excluding hydrogens is 254 g/mol. The van der Waals surface area contributed by atoms with Gasteiger partial charge in [0.15, 0.2) is 0 Å². The van der Waals surface area contributed by atoms with Gasteiger partial charge in [-0.3, -0.25) is 0 Å². The number of aliphatic hydroxyl groups is 1. The van der Waals surface area contributed by atoms with E-state index in [9.17, 15) is 9.90 Å². The van der Waals surface area contributed by atoms with Crippen LogP contribution in [0.2, 0.25) is 0 Å². The van der Waals surface area contributed by atoms with Crippen LogP contribution in [0.25, 0.3) is 0 Å². The van der Waals surface area contributed by atoms with Crippen LogP contribution in [0.1, 0.15) is 39.9 Å². The Balaban J connectivity index is 1.76. The number of ether oxygens (including phenoxy) is 1. The van der Waals surface area contributed by atoms with E-state index in [0.29, 0.717) is 24.5 Å². The van der Waals surface area contributed by atoms with Gasteiger partial charge in [-0.15, -0.1) is 0 Å². The summed E-state index contributed by atoms with van der Waals surface area (Å²) in [6.45, 7) is 4.38. The molecule has 1 unspecified atom stereocenters. The molecule has 2 N–H and O–H groups in total. The molecule has 20 heavy (non-hydrogen) atoms. The van der Waals surface area contributed by atoms with E-state index in [1.54, 1.807) is 0 Å². The van der Waals surface area contributed by atoms with Crippen molar-refractivity contribution in [3.05, 3.63) is 34.4 Å². The molecule has 0 aliphatic carbocycles. The minimum atomic E-state index is -0.299. The van der Waals surface area contributed by atoms with Crippen LogP contribution < -0.4 is 5.32 Å². The number of nitrogens with one attached hydrogen (secondary N) is 1. The molecule has 0 saturated carbocycles. The zero-order chi connectivity index (χ0) is 14.1. The van der Waals surface area contributed by atoms with Crippen molar-refractivity contribution < 1.29 is 14.6 Å². The van der Waals surface area contributed by atoms with Gasteiger partial charge in [-0.2, -0.15) is 0 Å². The zero-order valence-corrected chi connectivity index (χ0v) is 11.8. The lowest BCUT2D eigenvalue weighted by Gasteiger charge is -2.27. The average Bonchev–Trinajstić information content (AvgIpc) is 2.85. The lowest BCUT2D eigenvalue weighted by molar-refractivity contribution is 0.0534. The lowest BCUT2D eigenvalue weighted by Crippen LogP contribution is -2.35. The molecule has 0 bridgehead atoms. The fourth-order valence-electron chi connectivity index (χ4n) is 3.24. The summed E-state index contributed by atoms with van der Waals surface area (Å²) >= 11 is 0. The molecule has 0 aromatic heterocycles. The smallest absolute Gasteiger partial charge is 0.338 e. The second-order valence-corrected chi connectivity index (χ2v) is 5.81. The second-order valence-electron chi connectivity index (χ2n) is 5.81. The van der Waals surface area contributed by atoms with Gasteiger partial charge < -0.3 is 15.2 Å². The number of carbonyl (C=O) groups is 1. The van der Waals surface area contributed by atoms with E-state index in [1.807, 2.05) is 19.1 Å². The van der Waals surface area contributed by atoms with Crippen molar-refractivity contribution >= 4 is 5.97 Å². The van der Waals surface area contributed by atoms with Crippen LogP contribution in [0.15, 0.2) is 12.1 Å². The van der Waals surface area contributed by atoms with E-state index in [0.717, 1.165) is 42.6 Å². The topological polar surface area (TPSA) is 58.6 Å². The van der Waals surface area contributed by atoms with Gasteiger partial charge in [-0.1, -0.05) is 6.07 Å². The number of aliphatic hydroxyl groups excluding tert-OH is 1. The van der Waals surface area contributed by atoms with Gasteiger partial charge in [-0.05, 0) is 62.4 Å². The molecule has 1 aromatic rings. The van der Waals surface area contributed by atoms with Crippen LogP contribution >= 0.6 is 0 Å². The molecular formula is C16H21NO3. The first-order chi connectivity index (χ1) is 9.66. The summed E-state index contributed by atoms with van der Waals surface area (Å²) in [5, 5.41) is 13.7. The Morgan fingerprint density at radius 1 is 1.40 bits per heavy atom. The Labute approximate surface area is 119 Å². The molecule has 2 aliphatic rings. The zero-order valence-electron chi connectivity index (χ0n) is 11.8. The molecule has 4 nitrogen and oxygen atoms in total. The Bertz CT molecular complexity index is 521. The lowest BCUT2D eigenvalue weighted by atomic mass is 9.86. The molecule has 0 amide bonds. The molecule has 108 valence electrons. The van der Waals surface area contributed by atoms with E-state index in [-0.39, 0.29) is 12.1 Å². The van der Waals surface area contributed by atoms with Crippen LogP contribution in [0.3, 0.4) is 0 Å². The number of fused-ring (bicyclic) bond motifs is 1. The highest BCUT2D eigenvalue weighted by atomic mass is 16.5. The van der Waals surface area contributed by atoms with Gasteiger partial charge in [0.25, 0.3) is 0 Å². The van der Waals surface area contributed by atoms with E-state index >= 15 is 0 Å². The van der Waals surface area contributed by atoms with Crippen LogP contribution in [-0.2, 0) is 17.8 Å². The number of carbonyl (C=O) groups excluding carboxylic acids is 1. The Morgan fingerprint density at radius 2 is 2.15 bits per heavy atom. The standard InChI is InChI=1S/C16H21NO3/c1-10-12(2-3-13-14(10)9-20-16(13)19)8-15(18)11-4-6-17-7-5-11/h2-3,11,15,17-18H,4-9H2,1H3. The maximum absolute atomic E-state index is 11.5. The summed E-state index contributed by atoms with van der Waals surface area (Å²) in [5.41, 5.74) is 3.90. The van der Waals surface area contributed by atoms with Gasteiger partial charge in [0.05, 0.1) is 11.7 Å². The highest BCUT2D eigenvalue weighted by molar-refractivity contribution is 5.93. The second kappa shape index (κ2) is 5.54. The largest absolute Gasteiger partial charge is 0.457 e. The number of piperidine rings is 1. The first kappa shape index (κ1) is 13.6. The fourth-order valence-corrected chi connectivity index (χ4v) is 3.24. The number of hydrogen-bond donors (Lipinski definition) is 2. The van der Waals surface area contributed by atoms with Gasteiger partial charge in [0.2, 0.25) is 0 Å². The monoisotopic (exact) mass is 275 g/mol. The van der Waals surface area contributed by atoms with E-state index in [1.165, 1.54) is 0 Å². The first-order valence-corrected chi connectivity index (χ1v) is 7.34. The third-order valence-corrected chi connectivity index (χ3v) is 4.64. The molecule has 1 fully saturated rings.